The molecule has 0 saturated carbocycles. The van der Waals surface area contributed by atoms with E-state index in [1.165, 1.54) is 12.1 Å². The van der Waals surface area contributed by atoms with Gasteiger partial charge in [0.2, 0.25) is 0 Å². The maximum atomic E-state index is 15.4. The molecule has 7 nitrogen and oxygen atoms in total. The smallest absolute Gasteiger partial charge is 0.303 e. The monoisotopic (exact) mass is 550 g/mol. The van der Waals surface area contributed by atoms with E-state index in [4.69, 9.17) is 15.9 Å². The number of ether oxygens (including phenoxy) is 2. The van der Waals surface area contributed by atoms with Gasteiger partial charge in [-0.15, -0.1) is 6.42 Å². The second-order valence-corrected chi connectivity index (χ2v) is 9.72. The Bertz CT molecular complexity index is 1550. The summed E-state index contributed by atoms with van der Waals surface area (Å²) < 4.78 is 56.5. The highest BCUT2D eigenvalue weighted by Gasteiger charge is 2.49. The van der Waals surface area contributed by atoms with Crippen molar-refractivity contribution in [3.63, 3.8) is 0 Å². The normalized spacial score (nSPS) is 12.6. The van der Waals surface area contributed by atoms with Gasteiger partial charge in [-0.05, 0) is 58.0 Å². The van der Waals surface area contributed by atoms with Crippen molar-refractivity contribution in [2.24, 2.45) is 0 Å². The SMILES string of the molecule is C#Cc1cc2nc(C)nc(NC(C)c3cccc(C(F)(F)C(C)(C)O)c3F)c2cc1OCCOc1cccnc1. The zero-order valence-electron chi connectivity index (χ0n) is 22.5. The fourth-order valence-electron chi connectivity index (χ4n) is 4.10. The first-order chi connectivity index (χ1) is 18.9. The summed E-state index contributed by atoms with van der Waals surface area (Å²) in [5.74, 6) is -0.577. The zero-order chi connectivity index (χ0) is 29.1. The Morgan fingerprint density at radius 2 is 1.85 bits per heavy atom. The molecule has 0 spiro atoms. The van der Waals surface area contributed by atoms with Crippen LogP contribution in [0.2, 0.25) is 0 Å². The molecule has 4 aromatic rings. The Hall–Kier alpha value is -4.36. The molecule has 0 radical (unpaired) electrons. The van der Waals surface area contributed by atoms with Crippen molar-refractivity contribution in [1.29, 1.82) is 0 Å². The van der Waals surface area contributed by atoms with Crippen molar-refractivity contribution in [2.45, 2.75) is 45.3 Å². The van der Waals surface area contributed by atoms with Crippen molar-refractivity contribution in [1.82, 2.24) is 15.0 Å². The molecule has 4 rings (SSSR count). The van der Waals surface area contributed by atoms with Crippen LogP contribution in [0.4, 0.5) is 19.0 Å². The molecular weight excluding hydrogens is 521 g/mol. The van der Waals surface area contributed by atoms with E-state index >= 15 is 4.39 Å². The number of halogens is 3. The molecule has 0 aliphatic carbocycles. The molecule has 208 valence electrons. The Balaban J connectivity index is 1.62. The lowest BCUT2D eigenvalue weighted by Crippen LogP contribution is -2.41. The molecule has 0 amide bonds. The minimum Gasteiger partial charge on any atom is -0.489 e. The van der Waals surface area contributed by atoms with Crippen LogP contribution in [0, 0.1) is 25.1 Å². The number of benzene rings is 2. The molecule has 0 aliphatic heterocycles. The van der Waals surface area contributed by atoms with Gasteiger partial charge in [0.05, 0.1) is 28.9 Å². The molecule has 2 aromatic carbocycles. The maximum absolute atomic E-state index is 15.4. The lowest BCUT2D eigenvalue weighted by Gasteiger charge is -2.30. The number of fused-ring (bicyclic) bond motifs is 1. The average molecular weight is 551 g/mol. The minimum atomic E-state index is -3.82. The number of anilines is 1. The second kappa shape index (κ2) is 11.4. The summed E-state index contributed by atoms with van der Waals surface area (Å²) in [6.45, 7) is 5.61. The van der Waals surface area contributed by atoms with Gasteiger partial charge in [0, 0.05) is 17.1 Å². The fourth-order valence-corrected chi connectivity index (χ4v) is 4.10. The molecule has 10 heteroatoms. The summed E-state index contributed by atoms with van der Waals surface area (Å²) in [5, 5.41) is 13.6. The van der Waals surface area contributed by atoms with Gasteiger partial charge < -0.3 is 19.9 Å². The molecule has 1 atom stereocenters. The third kappa shape index (κ3) is 5.95. The molecule has 0 saturated heterocycles. The third-order valence-electron chi connectivity index (χ3n) is 6.26. The van der Waals surface area contributed by atoms with Crippen molar-refractivity contribution < 1.29 is 27.8 Å². The Morgan fingerprint density at radius 1 is 1.10 bits per heavy atom. The van der Waals surface area contributed by atoms with E-state index < -0.39 is 28.9 Å². The van der Waals surface area contributed by atoms with Gasteiger partial charge in [-0.1, -0.05) is 18.1 Å². The molecule has 0 aliphatic rings. The number of hydrogen-bond donors (Lipinski definition) is 2. The predicted octanol–water partition coefficient (Wildman–Crippen LogP) is 5.95. The molecule has 0 bridgehead atoms. The molecule has 2 heterocycles. The average Bonchev–Trinajstić information content (AvgIpc) is 2.90. The first kappa shape index (κ1) is 28.6. The van der Waals surface area contributed by atoms with Crippen LogP contribution in [0.1, 0.15) is 49.3 Å². The number of alkyl halides is 2. The highest BCUT2D eigenvalue weighted by Crippen LogP contribution is 2.41. The van der Waals surface area contributed by atoms with Crippen molar-refractivity contribution in [2.75, 3.05) is 18.5 Å². The van der Waals surface area contributed by atoms with Gasteiger partial charge >= 0.3 is 5.92 Å². The highest BCUT2D eigenvalue weighted by molar-refractivity contribution is 5.92. The maximum Gasteiger partial charge on any atom is 0.303 e. The predicted molar refractivity (Wildman–Crippen MR) is 146 cm³/mol. The first-order valence-electron chi connectivity index (χ1n) is 12.5. The van der Waals surface area contributed by atoms with Crippen LogP contribution in [0.5, 0.6) is 11.5 Å². The van der Waals surface area contributed by atoms with E-state index in [0.29, 0.717) is 39.6 Å². The number of aromatic nitrogens is 3. The number of pyridine rings is 1. The minimum absolute atomic E-state index is 0.0184. The quantitative estimate of drug-likeness (QED) is 0.186. The number of hydrogen-bond acceptors (Lipinski definition) is 7. The summed E-state index contributed by atoms with van der Waals surface area (Å²) in [6, 6.07) is 9.82. The van der Waals surface area contributed by atoms with Gasteiger partial charge in [-0.25, -0.2) is 14.4 Å². The number of nitrogens with zero attached hydrogens (tertiary/aromatic N) is 3. The molecule has 1 unspecified atom stereocenters. The number of rotatable bonds is 10. The van der Waals surface area contributed by atoms with Gasteiger partial charge in [-0.3, -0.25) is 4.98 Å². The van der Waals surface area contributed by atoms with Crippen molar-refractivity contribution in [3.8, 4) is 23.8 Å². The van der Waals surface area contributed by atoms with E-state index in [1.54, 1.807) is 50.5 Å². The van der Waals surface area contributed by atoms with Gasteiger partial charge in [-0.2, -0.15) is 8.78 Å². The van der Waals surface area contributed by atoms with E-state index in [1.807, 2.05) is 0 Å². The zero-order valence-corrected chi connectivity index (χ0v) is 22.5. The van der Waals surface area contributed by atoms with Crippen LogP contribution in [-0.4, -0.2) is 38.9 Å². The lowest BCUT2D eigenvalue weighted by atomic mass is 9.91. The molecule has 0 fully saturated rings. The first-order valence-corrected chi connectivity index (χ1v) is 12.5. The van der Waals surface area contributed by atoms with E-state index in [9.17, 15) is 13.9 Å². The van der Waals surface area contributed by atoms with Gasteiger partial charge in [0.25, 0.3) is 0 Å². The van der Waals surface area contributed by atoms with Crippen molar-refractivity contribution in [3.05, 3.63) is 83.2 Å². The summed E-state index contributed by atoms with van der Waals surface area (Å²) in [5.41, 5.74) is -2.37. The lowest BCUT2D eigenvalue weighted by molar-refractivity contribution is -0.170. The fraction of sp³-hybridized carbons (Fsp3) is 0.300. The Morgan fingerprint density at radius 3 is 2.52 bits per heavy atom. The van der Waals surface area contributed by atoms with Gasteiger partial charge in [0.1, 0.15) is 47.8 Å². The summed E-state index contributed by atoms with van der Waals surface area (Å²) in [7, 11) is 0. The Labute approximate surface area is 230 Å². The topological polar surface area (TPSA) is 89.4 Å². The standard InChI is InChI=1S/C30H29F3N4O3/c1-6-20-15-25-23(16-26(20)40-14-13-39-21-9-8-12-34-17-21)28(37-19(3)36-25)35-18(2)22-10-7-11-24(27(22)31)30(32,33)29(4,5)38/h1,7-12,15-18,38H,13-14H2,2-5H3,(H,35,36,37). The molecule has 2 N–H and O–H groups in total. The summed E-state index contributed by atoms with van der Waals surface area (Å²) >= 11 is 0. The third-order valence-corrected chi connectivity index (χ3v) is 6.26. The van der Waals surface area contributed by atoms with Crippen LogP contribution in [-0.2, 0) is 5.92 Å². The highest BCUT2D eigenvalue weighted by atomic mass is 19.3. The van der Waals surface area contributed by atoms with Crippen LogP contribution < -0.4 is 14.8 Å². The van der Waals surface area contributed by atoms with Crippen LogP contribution >= 0.6 is 0 Å². The van der Waals surface area contributed by atoms with E-state index in [2.05, 4.69) is 26.2 Å². The summed E-state index contributed by atoms with van der Waals surface area (Å²) in [6.07, 6.45) is 8.95. The number of aliphatic hydroxyl groups is 1. The Kier molecular flexibility index (Phi) is 8.16. The number of terminal acetylenes is 1. The summed E-state index contributed by atoms with van der Waals surface area (Å²) in [4.78, 5) is 12.9. The van der Waals surface area contributed by atoms with Crippen LogP contribution in [0.15, 0.2) is 54.9 Å². The van der Waals surface area contributed by atoms with Gasteiger partial charge in [0.15, 0.2) is 0 Å². The molecule has 2 aromatic heterocycles. The van der Waals surface area contributed by atoms with Crippen LogP contribution in [0.3, 0.4) is 0 Å². The number of aryl methyl sites for hydroxylation is 1. The van der Waals surface area contributed by atoms with E-state index in [0.717, 1.165) is 19.9 Å². The van der Waals surface area contributed by atoms with Crippen LogP contribution in [0.25, 0.3) is 10.9 Å². The second-order valence-electron chi connectivity index (χ2n) is 9.72. The largest absolute Gasteiger partial charge is 0.489 e. The molecular formula is C30H29F3N4O3. The van der Waals surface area contributed by atoms with E-state index in [-0.39, 0.29) is 18.8 Å². The molecule has 40 heavy (non-hydrogen) atoms. The van der Waals surface area contributed by atoms with Crippen molar-refractivity contribution >= 4 is 16.7 Å². The number of nitrogens with one attached hydrogen (secondary N) is 1.